The Labute approximate surface area is 174 Å². The van der Waals surface area contributed by atoms with Crippen LogP contribution in [-0.4, -0.2) is 23.7 Å². The molecule has 1 unspecified atom stereocenters. The van der Waals surface area contributed by atoms with E-state index in [4.69, 9.17) is 0 Å². The third-order valence-corrected chi connectivity index (χ3v) is 5.03. The maximum atomic E-state index is 13.0. The quantitative estimate of drug-likeness (QED) is 0.599. The molecule has 4 nitrogen and oxygen atoms in total. The number of Topliss-reactive ketones (excluding diaryl/α,β-unsaturated/α-hetero) is 1. The van der Waals surface area contributed by atoms with Gasteiger partial charge in [-0.15, -0.1) is 0 Å². The number of nitrogens with zero attached hydrogens (tertiary/aromatic N) is 1. The molecule has 0 radical (unpaired) electrons. The topological polar surface area (TPSA) is 59.1 Å². The van der Waals surface area contributed by atoms with E-state index in [0.29, 0.717) is 24.1 Å². The number of pyridine rings is 1. The molecule has 1 heterocycles. The Balaban J connectivity index is 2.11. The molecule has 0 saturated carbocycles. The summed E-state index contributed by atoms with van der Waals surface area (Å²) in [5.41, 5.74) is -0.181. The molecule has 7 heteroatoms. The van der Waals surface area contributed by atoms with Gasteiger partial charge in [-0.2, -0.15) is 13.2 Å². The lowest BCUT2D eigenvalue weighted by molar-refractivity contribution is -0.137. The highest BCUT2D eigenvalue weighted by atomic mass is 19.4. The van der Waals surface area contributed by atoms with Crippen molar-refractivity contribution in [1.29, 1.82) is 0 Å². The lowest BCUT2D eigenvalue weighted by Crippen LogP contribution is -2.36. The summed E-state index contributed by atoms with van der Waals surface area (Å²) in [6.45, 7) is 5.94. The van der Waals surface area contributed by atoms with Crippen molar-refractivity contribution >= 4 is 11.7 Å². The molecule has 2 rings (SSSR count). The van der Waals surface area contributed by atoms with E-state index in [2.05, 4.69) is 10.3 Å². The maximum Gasteiger partial charge on any atom is 0.416 e. The van der Waals surface area contributed by atoms with Crippen LogP contribution >= 0.6 is 0 Å². The summed E-state index contributed by atoms with van der Waals surface area (Å²) >= 11 is 0. The van der Waals surface area contributed by atoms with Crippen molar-refractivity contribution in [3.8, 4) is 11.3 Å². The van der Waals surface area contributed by atoms with E-state index in [1.54, 1.807) is 25.2 Å². The van der Waals surface area contributed by atoms with Crippen LogP contribution in [0.5, 0.6) is 0 Å². The highest BCUT2D eigenvalue weighted by Crippen LogP contribution is 2.32. The van der Waals surface area contributed by atoms with Crippen molar-refractivity contribution < 1.29 is 22.8 Å². The zero-order valence-corrected chi connectivity index (χ0v) is 17.6. The number of hydrogen-bond acceptors (Lipinski definition) is 3. The van der Waals surface area contributed by atoms with Crippen LogP contribution in [0, 0.1) is 11.3 Å². The van der Waals surface area contributed by atoms with Gasteiger partial charge in [0.15, 0.2) is 5.78 Å². The van der Waals surface area contributed by atoms with Crippen molar-refractivity contribution in [2.45, 2.75) is 46.2 Å². The minimum Gasteiger partial charge on any atom is -0.359 e. The van der Waals surface area contributed by atoms with E-state index in [0.717, 1.165) is 12.1 Å². The Hall–Kier alpha value is -2.70. The Bertz CT molecular complexity index is 902. The average molecular weight is 420 g/mol. The van der Waals surface area contributed by atoms with E-state index >= 15 is 0 Å². The van der Waals surface area contributed by atoms with Gasteiger partial charge in [0.05, 0.1) is 11.3 Å². The molecule has 0 aliphatic heterocycles. The number of alkyl halides is 3. The number of amides is 1. The van der Waals surface area contributed by atoms with E-state index in [9.17, 15) is 22.8 Å². The van der Waals surface area contributed by atoms with Crippen molar-refractivity contribution in [2.75, 3.05) is 7.05 Å². The van der Waals surface area contributed by atoms with Crippen molar-refractivity contribution in [3.05, 3.63) is 53.7 Å². The smallest absolute Gasteiger partial charge is 0.359 e. The standard InChI is InChI=1S/C23H27F3N2O2/c1-22(2,3)17(21(30)27-4)10-6-13-20(29)19-12-7-11-18(28-19)15-8-5-9-16(14-15)23(24,25)26/h5,7-9,11-12,14,17H,6,10,13H2,1-4H3,(H,27,30). The van der Waals surface area contributed by atoms with Crippen molar-refractivity contribution in [3.63, 3.8) is 0 Å². The van der Waals surface area contributed by atoms with Gasteiger partial charge >= 0.3 is 6.18 Å². The van der Waals surface area contributed by atoms with Crippen molar-refractivity contribution in [1.82, 2.24) is 10.3 Å². The third-order valence-electron chi connectivity index (χ3n) is 5.03. The van der Waals surface area contributed by atoms with Gasteiger partial charge in [-0.1, -0.05) is 39.0 Å². The number of carbonyl (C=O) groups excluding carboxylic acids is 2. The fourth-order valence-electron chi connectivity index (χ4n) is 3.33. The SMILES string of the molecule is CNC(=O)C(CCCC(=O)c1cccc(-c2cccc(C(F)(F)F)c2)n1)C(C)(C)C. The first kappa shape index (κ1) is 23.6. The molecule has 0 aliphatic carbocycles. The Morgan fingerprint density at radius 1 is 1.07 bits per heavy atom. The van der Waals surface area contributed by atoms with Gasteiger partial charge in [-0.05, 0) is 42.5 Å². The first-order valence-corrected chi connectivity index (χ1v) is 9.83. The van der Waals surface area contributed by atoms with E-state index in [-0.39, 0.29) is 35.1 Å². The second-order valence-electron chi connectivity index (χ2n) is 8.33. The van der Waals surface area contributed by atoms with Gasteiger partial charge in [0.25, 0.3) is 0 Å². The van der Waals surface area contributed by atoms with Crippen LogP contribution in [0.4, 0.5) is 13.2 Å². The Morgan fingerprint density at radius 3 is 2.33 bits per heavy atom. The summed E-state index contributed by atoms with van der Waals surface area (Å²) in [5, 5.41) is 2.67. The lowest BCUT2D eigenvalue weighted by atomic mass is 9.77. The van der Waals surface area contributed by atoms with Gasteiger partial charge in [0, 0.05) is 24.9 Å². The summed E-state index contributed by atoms with van der Waals surface area (Å²) in [5.74, 6) is -0.479. The highest BCUT2D eigenvalue weighted by molar-refractivity contribution is 5.94. The highest BCUT2D eigenvalue weighted by Gasteiger charge is 2.31. The lowest BCUT2D eigenvalue weighted by Gasteiger charge is -2.29. The molecule has 2 aromatic rings. The van der Waals surface area contributed by atoms with Crippen molar-refractivity contribution in [2.24, 2.45) is 11.3 Å². The molecular formula is C23H27F3N2O2. The van der Waals surface area contributed by atoms with Gasteiger partial charge < -0.3 is 5.32 Å². The fraction of sp³-hybridized carbons (Fsp3) is 0.435. The number of rotatable bonds is 7. The molecule has 0 aliphatic rings. The van der Waals surface area contributed by atoms with Crippen LogP contribution in [0.1, 0.15) is 56.1 Å². The third kappa shape index (κ3) is 6.15. The van der Waals surface area contributed by atoms with Gasteiger partial charge in [-0.3, -0.25) is 9.59 Å². The minimum absolute atomic E-state index is 0.0559. The number of carbonyl (C=O) groups is 2. The fourth-order valence-corrected chi connectivity index (χ4v) is 3.33. The van der Waals surface area contributed by atoms with E-state index in [1.165, 1.54) is 12.1 Å². The van der Waals surface area contributed by atoms with Crippen LogP contribution in [0.3, 0.4) is 0 Å². The first-order valence-electron chi connectivity index (χ1n) is 9.83. The molecular weight excluding hydrogens is 393 g/mol. The van der Waals surface area contributed by atoms with E-state index < -0.39 is 11.7 Å². The molecule has 30 heavy (non-hydrogen) atoms. The summed E-state index contributed by atoms with van der Waals surface area (Å²) in [4.78, 5) is 29.0. The minimum atomic E-state index is -4.45. The Morgan fingerprint density at radius 2 is 1.73 bits per heavy atom. The Kier molecular flexibility index (Phi) is 7.39. The van der Waals surface area contributed by atoms with E-state index in [1.807, 2.05) is 20.8 Å². The predicted molar refractivity (Wildman–Crippen MR) is 110 cm³/mol. The summed E-state index contributed by atoms with van der Waals surface area (Å²) in [6, 6.07) is 9.61. The van der Waals surface area contributed by atoms with Crippen LogP contribution in [0.15, 0.2) is 42.5 Å². The number of hydrogen-bond donors (Lipinski definition) is 1. The molecule has 1 N–H and O–H groups in total. The van der Waals surface area contributed by atoms with Crippen LogP contribution in [-0.2, 0) is 11.0 Å². The van der Waals surface area contributed by atoms with Crippen LogP contribution in [0.25, 0.3) is 11.3 Å². The zero-order chi connectivity index (χ0) is 22.5. The molecule has 1 atom stereocenters. The predicted octanol–water partition coefficient (Wildman–Crippen LogP) is 5.53. The number of benzene rings is 1. The molecule has 0 saturated heterocycles. The monoisotopic (exact) mass is 420 g/mol. The number of halogens is 3. The second-order valence-corrected chi connectivity index (χ2v) is 8.33. The maximum absolute atomic E-state index is 13.0. The normalized spacial score (nSPS) is 13.0. The summed E-state index contributed by atoms with van der Waals surface area (Å²) < 4.78 is 38.9. The van der Waals surface area contributed by atoms with Gasteiger partial charge in [0.2, 0.25) is 5.91 Å². The number of nitrogens with one attached hydrogen (secondary N) is 1. The first-order chi connectivity index (χ1) is 13.9. The summed E-state index contributed by atoms with van der Waals surface area (Å²) in [6.07, 6.45) is -3.16. The van der Waals surface area contributed by atoms with Gasteiger partial charge in [-0.25, -0.2) is 4.98 Å². The molecule has 0 spiro atoms. The molecule has 1 aromatic heterocycles. The van der Waals surface area contributed by atoms with Gasteiger partial charge in [0.1, 0.15) is 5.69 Å². The number of aromatic nitrogens is 1. The zero-order valence-electron chi connectivity index (χ0n) is 17.6. The second kappa shape index (κ2) is 9.41. The molecule has 1 aromatic carbocycles. The van der Waals surface area contributed by atoms with Crippen LogP contribution < -0.4 is 5.32 Å². The molecule has 162 valence electrons. The number of ketones is 1. The molecule has 1 amide bonds. The van der Waals surface area contributed by atoms with Crippen LogP contribution in [0.2, 0.25) is 0 Å². The summed E-state index contributed by atoms with van der Waals surface area (Å²) in [7, 11) is 1.59. The largest absolute Gasteiger partial charge is 0.416 e. The average Bonchev–Trinajstić information content (AvgIpc) is 2.69. The molecule has 0 fully saturated rings. The molecule has 0 bridgehead atoms.